The molecule has 0 aliphatic rings. The molecule has 3 rings (SSSR count). The summed E-state index contributed by atoms with van der Waals surface area (Å²) in [4.78, 5) is 3.72. The SMILES string of the molecule is Cc1cccc(-n2cccc2/C=N\Nc2ccc(C(F)(F)F)cn2)c1C. The van der Waals surface area contributed by atoms with Gasteiger partial charge in [0.1, 0.15) is 5.82 Å². The number of halogens is 3. The minimum Gasteiger partial charge on any atom is -0.315 e. The molecule has 0 spiro atoms. The average Bonchev–Trinajstić information content (AvgIpc) is 3.05. The molecule has 1 aromatic carbocycles. The second-order valence-corrected chi connectivity index (χ2v) is 5.82. The lowest BCUT2D eigenvalue weighted by Gasteiger charge is -2.11. The van der Waals surface area contributed by atoms with Gasteiger partial charge in [-0.15, -0.1) is 0 Å². The van der Waals surface area contributed by atoms with Gasteiger partial charge >= 0.3 is 6.18 Å². The predicted molar refractivity (Wildman–Crippen MR) is 95.7 cm³/mol. The summed E-state index contributed by atoms with van der Waals surface area (Å²) in [5, 5.41) is 4.07. The third kappa shape index (κ3) is 3.77. The normalized spacial score (nSPS) is 11.9. The van der Waals surface area contributed by atoms with Gasteiger partial charge in [-0.2, -0.15) is 18.3 Å². The molecule has 0 aliphatic carbocycles. The molecule has 0 saturated heterocycles. The number of rotatable bonds is 4. The van der Waals surface area contributed by atoms with Crippen molar-refractivity contribution in [1.29, 1.82) is 0 Å². The predicted octanol–water partition coefficient (Wildman–Crippen LogP) is 4.95. The minimum atomic E-state index is -4.40. The Morgan fingerprint density at radius 1 is 1.08 bits per heavy atom. The molecule has 0 unspecified atom stereocenters. The van der Waals surface area contributed by atoms with Crippen LogP contribution in [0.5, 0.6) is 0 Å². The van der Waals surface area contributed by atoms with Crippen molar-refractivity contribution in [2.45, 2.75) is 20.0 Å². The molecule has 134 valence electrons. The van der Waals surface area contributed by atoms with E-state index >= 15 is 0 Å². The third-order valence-corrected chi connectivity index (χ3v) is 4.08. The van der Waals surface area contributed by atoms with Crippen molar-refractivity contribution in [2.75, 3.05) is 5.43 Å². The van der Waals surface area contributed by atoms with E-state index in [1.165, 1.54) is 11.6 Å². The summed E-state index contributed by atoms with van der Waals surface area (Å²) in [6.07, 6.45) is -0.0986. The van der Waals surface area contributed by atoms with Gasteiger partial charge in [0.15, 0.2) is 0 Å². The van der Waals surface area contributed by atoms with E-state index in [0.29, 0.717) is 0 Å². The number of nitrogens with zero attached hydrogens (tertiary/aromatic N) is 3. The second kappa shape index (κ2) is 7.03. The molecule has 1 N–H and O–H groups in total. The van der Waals surface area contributed by atoms with Gasteiger partial charge in [0.05, 0.1) is 17.5 Å². The van der Waals surface area contributed by atoms with E-state index in [9.17, 15) is 13.2 Å². The Kier molecular flexibility index (Phi) is 4.79. The number of hydrogen-bond donors (Lipinski definition) is 1. The zero-order chi connectivity index (χ0) is 18.7. The molecule has 26 heavy (non-hydrogen) atoms. The molecule has 7 heteroatoms. The Balaban J connectivity index is 1.76. The van der Waals surface area contributed by atoms with Gasteiger partial charge in [0.25, 0.3) is 0 Å². The summed E-state index contributed by atoms with van der Waals surface area (Å²) in [5.74, 6) is 0.235. The fourth-order valence-corrected chi connectivity index (χ4v) is 2.51. The Hall–Kier alpha value is -3.09. The summed E-state index contributed by atoms with van der Waals surface area (Å²) >= 11 is 0. The smallest absolute Gasteiger partial charge is 0.315 e. The van der Waals surface area contributed by atoms with E-state index in [0.717, 1.165) is 29.2 Å². The molecule has 0 amide bonds. The fourth-order valence-electron chi connectivity index (χ4n) is 2.51. The van der Waals surface area contributed by atoms with Gasteiger partial charge in [-0.3, -0.25) is 5.43 Å². The highest BCUT2D eigenvalue weighted by atomic mass is 19.4. The van der Waals surface area contributed by atoms with Crippen LogP contribution in [0.4, 0.5) is 19.0 Å². The van der Waals surface area contributed by atoms with Gasteiger partial charge in [-0.1, -0.05) is 12.1 Å². The van der Waals surface area contributed by atoms with Crippen LogP contribution in [0, 0.1) is 13.8 Å². The molecular formula is C19H17F3N4. The largest absolute Gasteiger partial charge is 0.417 e. The lowest BCUT2D eigenvalue weighted by Crippen LogP contribution is -2.06. The molecular weight excluding hydrogens is 341 g/mol. The van der Waals surface area contributed by atoms with Crippen LogP contribution >= 0.6 is 0 Å². The van der Waals surface area contributed by atoms with E-state index in [-0.39, 0.29) is 5.82 Å². The fraction of sp³-hybridized carbons (Fsp3) is 0.158. The zero-order valence-electron chi connectivity index (χ0n) is 14.2. The van der Waals surface area contributed by atoms with Gasteiger partial charge < -0.3 is 4.57 Å². The first-order chi connectivity index (χ1) is 12.4. The number of hydrogen-bond acceptors (Lipinski definition) is 3. The lowest BCUT2D eigenvalue weighted by molar-refractivity contribution is -0.137. The Labute approximate surface area is 149 Å². The molecule has 0 radical (unpaired) electrons. The molecule has 4 nitrogen and oxygen atoms in total. The minimum absolute atomic E-state index is 0.235. The van der Waals surface area contributed by atoms with E-state index < -0.39 is 11.7 Å². The van der Waals surface area contributed by atoms with E-state index in [4.69, 9.17) is 0 Å². The van der Waals surface area contributed by atoms with Crippen LogP contribution in [0.2, 0.25) is 0 Å². The van der Waals surface area contributed by atoms with Crippen molar-refractivity contribution in [3.05, 3.63) is 77.2 Å². The summed E-state index contributed by atoms with van der Waals surface area (Å²) in [6.45, 7) is 4.10. The second-order valence-electron chi connectivity index (χ2n) is 5.82. The highest BCUT2D eigenvalue weighted by Crippen LogP contribution is 2.28. The number of hydrazone groups is 1. The monoisotopic (exact) mass is 358 g/mol. The van der Waals surface area contributed by atoms with Crippen LogP contribution in [0.25, 0.3) is 5.69 Å². The van der Waals surface area contributed by atoms with Crippen molar-refractivity contribution in [3.63, 3.8) is 0 Å². The summed E-state index contributed by atoms with van der Waals surface area (Å²) in [7, 11) is 0. The molecule has 0 fully saturated rings. The first kappa shape index (κ1) is 17.7. The number of anilines is 1. The first-order valence-corrected chi connectivity index (χ1v) is 7.92. The standard InChI is InChI=1S/C19H17F3N4/c1-13-5-3-7-17(14(13)2)26-10-4-6-16(26)12-24-25-18-9-8-15(11-23-18)19(20,21)22/h3-12H,1-2H3,(H,23,25)/b24-12-. The van der Waals surface area contributed by atoms with Crippen LogP contribution in [0.15, 0.2) is 60.0 Å². The topological polar surface area (TPSA) is 42.2 Å². The summed E-state index contributed by atoms with van der Waals surface area (Å²) < 4.78 is 39.6. The number of benzene rings is 1. The van der Waals surface area contributed by atoms with Gasteiger partial charge in [0, 0.05) is 18.1 Å². The zero-order valence-corrected chi connectivity index (χ0v) is 14.2. The van der Waals surface area contributed by atoms with Crippen molar-refractivity contribution < 1.29 is 13.2 Å². The van der Waals surface area contributed by atoms with E-state index in [1.54, 1.807) is 6.21 Å². The maximum Gasteiger partial charge on any atom is 0.417 e. The Bertz CT molecular complexity index is 925. The molecule has 0 bridgehead atoms. The van der Waals surface area contributed by atoms with E-state index in [2.05, 4.69) is 22.4 Å². The van der Waals surface area contributed by atoms with Crippen molar-refractivity contribution >= 4 is 12.0 Å². The molecule has 3 aromatic rings. The molecule has 0 aliphatic heterocycles. The third-order valence-electron chi connectivity index (χ3n) is 4.08. The average molecular weight is 358 g/mol. The highest BCUT2D eigenvalue weighted by Gasteiger charge is 2.30. The number of alkyl halides is 3. The maximum atomic E-state index is 12.5. The maximum absolute atomic E-state index is 12.5. The molecule has 0 atom stereocenters. The quantitative estimate of drug-likeness (QED) is 0.529. The highest BCUT2D eigenvalue weighted by molar-refractivity contribution is 5.79. The van der Waals surface area contributed by atoms with E-state index in [1.807, 2.05) is 48.0 Å². The van der Waals surface area contributed by atoms with Crippen LogP contribution in [0.3, 0.4) is 0 Å². The lowest BCUT2D eigenvalue weighted by atomic mass is 10.1. The number of pyridine rings is 1. The van der Waals surface area contributed by atoms with Crippen molar-refractivity contribution in [3.8, 4) is 5.69 Å². The van der Waals surface area contributed by atoms with Crippen LogP contribution in [0.1, 0.15) is 22.4 Å². The van der Waals surface area contributed by atoms with Gasteiger partial charge in [0.2, 0.25) is 0 Å². The van der Waals surface area contributed by atoms with Crippen molar-refractivity contribution in [1.82, 2.24) is 9.55 Å². The van der Waals surface area contributed by atoms with Gasteiger partial charge in [-0.25, -0.2) is 4.98 Å². The first-order valence-electron chi connectivity index (χ1n) is 7.92. The molecule has 2 heterocycles. The number of nitrogens with one attached hydrogen (secondary N) is 1. The van der Waals surface area contributed by atoms with Crippen molar-refractivity contribution in [2.24, 2.45) is 5.10 Å². The summed E-state index contributed by atoms with van der Waals surface area (Å²) in [5.41, 5.74) is 6.07. The summed E-state index contributed by atoms with van der Waals surface area (Å²) in [6, 6.07) is 12.1. The van der Waals surface area contributed by atoms with Crippen LogP contribution in [-0.2, 0) is 6.18 Å². The van der Waals surface area contributed by atoms with Crippen LogP contribution < -0.4 is 5.43 Å². The Morgan fingerprint density at radius 3 is 2.58 bits per heavy atom. The molecule has 0 saturated carbocycles. The Morgan fingerprint density at radius 2 is 1.88 bits per heavy atom. The molecule has 2 aromatic heterocycles. The van der Waals surface area contributed by atoms with Crippen LogP contribution in [-0.4, -0.2) is 15.8 Å². The number of aryl methyl sites for hydroxylation is 1. The van der Waals surface area contributed by atoms with Gasteiger partial charge in [-0.05, 0) is 55.3 Å². The number of aromatic nitrogens is 2.